The van der Waals surface area contributed by atoms with Crippen molar-refractivity contribution in [2.45, 2.75) is 54.1 Å². The zero-order chi connectivity index (χ0) is 21.2. The molecule has 1 aliphatic carbocycles. The SMILES string of the molecule is O=C(NO)C1(S(=O)(=O)c2ccc(-c3cnc(C4CCCC4)cn3)cc2)CCOCC1. The second-order valence-electron chi connectivity index (χ2n) is 7.88. The van der Waals surface area contributed by atoms with Crippen LogP contribution in [0.15, 0.2) is 41.6 Å². The number of hydrogen-bond acceptors (Lipinski definition) is 7. The van der Waals surface area contributed by atoms with Gasteiger partial charge in [0.15, 0.2) is 14.6 Å². The van der Waals surface area contributed by atoms with Crippen LogP contribution in [0, 0.1) is 0 Å². The van der Waals surface area contributed by atoms with Crippen molar-refractivity contribution < 1.29 is 23.2 Å². The zero-order valence-corrected chi connectivity index (χ0v) is 17.4. The zero-order valence-electron chi connectivity index (χ0n) is 16.6. The standard InChI is InChI=1S/C21H25N3O5S/c25-20(24-26)21(9-11-29-12-10-21)30(27,28)17-7-5-16(6-8-17)19-14-22-18(13-23-19)15-3-1-2-4-15/h5-8,13-15,26H,1-4,9-12H2,(H,24,25). The molecule has 0 atom stereocenters. The van der Waals surface area contributed by atoms with Gasteiger partial charge in [0.25, 0.3) is 5.91 Å². The fourth-order valence-corrected chi connectivity index (χ4v) is 6.31. The van der Waals surface area contributed by atoms with Gasteiger partial charge in [0, 0.05) is 30.9 Å². The molecule has 2 aromatic rings. The van der Waals surface area contributed by atoms with E-state index in [1.54, 1.807) is 24.5 Å². The molecule has 0 unspecified atom stereocenters. The highest BCUT2D eigenvalue weighted by Gasteiger charge is 2.52. The number of nitrogens with zero attached hydrogens (tertiary/aromatic N) is 2. The maximum Gasteiger partial charge on any atom is 0.265 e. The van der Waals surface area contributed by atoms with Crippen molar-refractivity contribution in [3.8, 4) is 11.3 Å². The maximum atomic E-state index is 13.3. The third-order valence-corrected chi connectivity index (χ3v) is 8.75. The van der Waals surface area contributed by atoms with Crippen molar-refractivity contribution in [2.24, 2.45) is 0 Å². The molecule has 9 heteroatoms. The number of hydroxylamine groups is 1. The van der Waals surface area contributed by atoms with E-state index in [0.29, 0.717) is 11.6 Å². The van der Waals surface area contributed by atoms with Crippen LogP contribution in [0.25, 0.3) is 11.3 Å². The van der Waals surface area contributed by atoms with E-state index in [1.165, 1.54) is 30.5 Å². The summed E-state index contributed by atoms with van der Waals surface area (Å²) in [5.41, 5.74) is 3.94. The highest BCUT2D eigenvalue weighted by atomic mass is 32.2. The van der Waals surface area contributed by atoms with Crippen molar-refractivity contribution in [1.82, 2.24) is 15.4 Å². The first-order chi connectivity index (χ1) is 14.5. The summed E-state index contributed by atoms with van der Waals surface area (Å²) in [7, 11) is -4.04. The lowest BCUT2D eigenvalue weighted by Gasteiger charge is -2.34. The molecule has 1 saturated carbocycles. The summed E-state index contributed by atoms with van der Waals surface area (Å²) >= 11 is 0. The Balaban J connectivity index is 1.60. The number of hydrogen-bond donors (Lipinski definition) is 2. The number of sulfone groups is 1. The van der Waals surface area contributed by atoms with Gasteiger partial charge in [-0.3, -0.25) is 20.0 Å². The summed E-state index contributed by atoms with van der Waals surface area (Å²) in [5, 5.41) is 9.14. The van der Waals surface area contributed by atoms with Crippen LogP contribution in [0.3, 0.4) is 0 Å². The molecule has 1 aromatic heterocycles. The fourth-order valence-electron chi connectivity index (χ4n) is 4.37. The minimum absolute atomic E-state index is 0.0163. The number of carbonyl (C=O) groups is 1. The van der Waals surface area contributed by atoms with Gasteiger partial charge in [-0.2, -0.15) is 0 Å². The Morgan fingerprint density at radius 1 is 1.07 bits per heavy atom. The van der Waals surface area contributed by atoms with Gasteiger partial charge < -0.3 is 4.74 Å². The predicted molar refractivity (Wildman–Crippen MR) is 109 cm³/mol. The second kappa shape index (κ2) is 8.41. The lowest BCUT2D eigenvalue weighted by Crippen LogP contribution is -2.54. The van der Waals surface area contributed by atoms with Gasteiger partial charge in [0.1, 0.15) is 0 Å². The second-order valence-corrected chi connectivity index (χ2v) is 10.1. The average molecular weight is 432 g/mol. The Labute approximate surface area is 175 Å². The van der Waals surface area contributed by atoms with Crippen molar-refractivity contribution in [1.29, 1.82) is 0 Å². The molecule has 2 heterocycles. The molecule has 2 aliphatic rings. The van der Waals surface area contributed by atoms with Gasteiger partial charge in [-0.15, -0.1) is 0 Å². The topological polar surface area (TPSA) is 118 Å². The highest BCUT2D eigenvalue weighted by Crippen LogP contribution is 2.36. The summed E-state index contributed by atoms with van der Waals surface area (Å²) in [6.45, 7) is 0.265. The quantitative estimate of drug-likeness (QED) is 0.552. The molecule has 0 bridgehead atoms. The Morgan fingerprint density at radius 2 is 1.73 bits per heavy atom. The summed E-state index contributed by atoms with van der Waals surface area (Å²) < 4.78 is 30.1. The molecule has 1 aliphatic heterocycles. The van der Waals surface area contributed by atoms with Crippen molar-refractivity contribution >= 4 is 15.7 Å². The summed E-state index contributed by atoms with van der Waals surface area (Å²) in [5.74, 6) is -0.448. The predicted octanol–water partition coefficient (Wildman–Crippen LogP) is 2.63. The summed E-state index contributed by atoms with van der Waals surface area (Å²) in [6, 6.07) is 6.27. The van der Waals surface area contributed by atoms with Crippen molar-refractivity contribution in [3.05, 3.63) is 42.4 Å². The molecule has 1 amide bonds. The number of aromatic nitrogens is 2. The fraction of sp³-hybridized carbons (Fsp3) is 0.476. The molecule has 1 saturated heterocycles. The van der Waals surface area contributed by atoms with Crippen LogP contribution in [0.2, 0.25) is 0 Å². The molecular weight excluding hydrogens is 406 g/mol. The van der Waals surface area contributed by atoms with Crippen molar-refractivity contribution in [3.63, 3.8) is 0 Å². The van der Waals surface area contributed by atoms with Crippen LogP contribution in [0.5, 0.6) is 0 Å². The monoisotopic (exact) mass is 431 g/mol. The number of rotatable bonds is 5. The van der Waals surface area contributed by atoms with Gasteiger partial charge in [-0.05, 0) is 37.8 Å². The Kier molecular flexibility index (Phi) is 5.86. The number of nitrogens with one attached hydrogen (secondary N) is 1. The molecule has 0 spiro atoms. The van der Waals surface area contributed by atoms with Crippen LogP contribution in [0.1, 0.15) is 50.1 Å². The van der Waals surface area contributed by atoms with E-state index in [9.17, 15) is 13.2 Å². The first kappa shape index (κ1) is 20.9. The van der Waals surface area contributed by atoms with E-state index in [1.807, 2.05) is 0 Å². The van der Waals surface area contributed by atoms with Gasteiger partial charge >= 0.3 is 0 Å². The van der Waals surface area contributed by atoms with Crippen LogP contribution in [0.4, 0.5) is 0 Å². The minimum atomic E-state index is -4.04. The molecule has 0 radical (unpaired) electrons. The molecular formula is C21H25N3O5S. The normalized spacial score (nSPS) is 19.5. The lowest BCUT2D eigenvalue weighted by molar-refractivity contribution is -0.134. The smallest absolute Gasteiger partial charge is 0.265 e. The van der Waals surface area contributed by atoms with E-state index in [-0.39, 0.29) is 31.0 Å². The Hall–Kier alpha value is -2.36. The van der Waals surface area contributed by atoms with Gasteiger partial charge in [-0.25, -0.2) is 13.9 Å². The van der Waals surface area contributed by atoms with E-state index in [4.69, 9.17) is 9.94 Å². The molecule has 4 rings (SSSR count). The van der Waals surface area contributed by atoms with Crippen LogP contribution in [-0.4, -0.2) is 47.5 Å². The molecule has 160 valence electrons. The first-order valence-electron chi connectivity index (χ1n) is 10.2. The summed E-state index contributed by atoms with van der Waals surface area (Å²) in [4.78, 5) is 21.4. The van der Waals surface area contributed by atoms with E-state index in [0.717, 1.165) is 24.1 Å². The van der Waals surface area contributed by atoms with E-state index < -0.39 is 20.5 Å². The Morgan fingerprint density at radius 3 is 2.30 bits per heavy atom. The largest absolute Gasteiger partial charge is 0.381 e. The number of ether oxygens (including phenoxy) is 1. The molecule has 30 heavy (non-hydrogen) atoms. The first-order valence-corrected chi connectivity index (χ1v) is 11.7. The Bertz CT molecular complexity index is 994. The van der Waals surface area contributed by atoms with E-state index >= 15 is 0 Å². The summed E-state index contributed by atoms with van der Waals surface area (Å²) in [6.07, 6.45) is 8.24. The van der Waals surface area contributed by atoms with Gasteiger partial charge in [-0.1, -0.05) is 25.0 Å². The van der Waals surface area contributed by atoms with Gasteiger partial charge in [0.05, 0.1) is 22.5 Å². The number of benzene rings is 1. The average Bonchev–Trinajstić information content (AvgIpc) is 3.34. The van der Waals surface area contributed by atoms with Crippen molar-refractivity contribution in [2.75, 3.05) is 13.2 Å². The lowest BCUT2D eigenvalue weighted by atomic mass is 9.98. The molecule has 2 fully saturated rings. The van der Waals surface area contributed by atoms with E-state index in [2.05, 4.69) is 9.97 Å². The maximum absolute atomic E-state index is 13.3. The molecule has 2 N–H and O–H groups in total. The third-order valence-electron chi connectivity index (χ3n) is 6.24. The van der Waals surface area contributed by atoms with Crippen LogP contribution >= 0.6 is 0 Å². The molecule has 8 nitrogen and oxygen atoms in total. The van der Waals surface area contributed by atoms with Gasteiger partial charge in [0.2, 0.25) is 0 Å². The van der Waals surface area contributed by atoms with Crippen LogP contribution in [-0.2, 0) is 19.4 Å². The number of amides is 1. The highest BCUT2D eigenvalue weighted by molar-refractivity contribution is 7.93. The third kappa shape index (κ3) is 3.61. The van der Waals surface area contributed by atoms with Crippen LogP contribution < -0.4 is 5.48 Å². The number of carbonyl (C=O) groups excluding carboxylic acids is 1. The molecule has 1 aromatic carbocycles. The minimum Gasteiger partial charge on any atom is -0.381 e.